The second-order valence-electron chi connectivity index (χ2n) is 3.71. The lowest BCUT2D eigenvalue weighted by atomic mass is 10.1. The topological polar surface area (TPSA) is 3.24 Å². The molecular weight excluding hydrogens is 146 g/mol. The molecule has 0 aromatic carbocycles. The Kier molecular flexibility index (Phi) is 4.70. The summed E-state index contributed by atoms with van der Waals surface area (Å²) in [6.45, 7) is 14.2. The van der Waals surface area contributed by atoms with Gasteiger partial charge in [-0.25, -0.2) is 0 Å². The quantitative estimate of drug-likeness (QED) is 0.567. The molecule has 0 N–H and O–H groups in total. The van der Waals surface area contributed by atoms with Crippen molar-refractivity contribution in [1.82, 2.24) is 4.90 Å². The van der Waals surface area contributed by atoms with Gasteiger partial charge in [0.1, 0.15) is 0 Å². The third-order valence-corrected chi connectivity index (χ3v) is 1.80. The third kappa shape index (κ3) is 4.20. The molecule has 0 rings (SSSR count). The molecule has 0 aliphatic carbocycles. The number of hydrogen-bond donors (Lipinski definition) is 0. The van der Waals surface area contributed by atoms with Crippen molar-refractivity contribution in [2.24, 2.45) is 0 Å². The van der Waals surface area contributed by atoms with Crippen LogP contribution < -0.4 is 0 Å². The average molecular weight is 165 g/mol. The molecule has 0 amide bonds. The van der Waals surface area contributed by atoms with Crippen molar-refractivity contribution in [3.05, 3.63) is 12.7 Å². The first kappa shape index (κ1) is 11.3. The van der Waals surface area contributed by atoms with Crippen molar-refractivity contribution in [1.29, 1.82) is 0 Å². The van der Waals surface area contributed by atoms with E-state index in [0.717, 1.165) is 13.1 Å². The van der Waals surface area contributed by atoms with Crippen molar-refractivity contribution < 1.29 is 0 Å². The van der Waals surface area contributed by atoms with Gasteiger partial charge in [-0.15, -0.1) is 0 Å². The number of allylic oxidation sites excluding steroid dienone is 1. The van der Waals surface area contributed by atoms with Gasteiger partial charge in [0, 0.05) is 5.54 Å². The summed E-state index contributed by atoms with van der Waals surface area (Å²) < 4.78 is 0. The van der Waals surface area contributed by atoms with Crippen molar-refractivity contribution in [2.45, 2.75) is 33.2 Å². The van der Waals surface area contributed by atoms with Crippen LogP contribution >= 0.6 is 0 Å². The molecule has 0 heterocycles. The van der Waals surface area contributed by atoms with Gasteiger partial charge >= 0.3 is 0 Å². The molecule has 0 aromatic rings. The van der Waals surface area contributed by atoms with Crippen LogP contribution in [0.3, 0.4) is 0 Å². The Bertz CT molecular complexity index is 187. The molecule has 0 aliphatic rings. The molecule has 0 saturated carbocycles. The molecule has 0 saturated heterocycles. The van der Waals surface area contributed by atoms with Gasteiger partial charge in [0.15, 0.2) is 0 Å². The van der Waals surface area contributed by atoms with Crippen LogP contribution in [0.25, 0.3) is 0 Å². The minimum absolute atomic E-state index is 0.213. The maximum absolute atomic E-state index is 3.55. The van der Waals surface area contributed by atoms with Crippen LogP contribution in [0.5, 0.6) is 0 Å². The van der Waals surface area contributed by atoms with E-state index in [1.165, 1.54) is 0 Å². The number of nitrogens with zero attached hydrogens (tertiary/aromatic N) is 1. The van der Waals surface area contributed by atoms with E-state index >= 15 is 0 Å². The minimum atomic E-state index is 0.213. The highest BCUT2D eigenvalue weighted by atomic mass is 15.2. The van der Waals surface area contributed by atoms with Gasteiger partial charge in [-0.05, 0) is 33.4 Å². The Morgan fingerprint density at radius 1 is 1.42 bits per heavy atom. The normalized spacial score (nSPS) is 10.8. The summed E-state index contributed by atoms with van der Waals surface area (Å²) in [5.74, 6) is 5.91. The van der Waals surface area contributed by atoms with Crippen molar-refractivity contribution in [2.75, 3.05) is 13.1 Å². The SMILES string of the molecule is C=CC#CCN(CC)C(C)(C)C. The fourth-order valence-electron chi connectivity index (χ4n) is 1.04. The van der Waals surface area contributed by atoms with E-state index in [4.69, 9.17) is 0 Å². The maximum atomic E-state index is 3.55. The highest BCUT2D eigenvalue weighted by Gasteiger charge is 2.17. The predicted molar refractivity (Wildman–Crippen MR) is 55.0 cm³/mol. The Hall–Kier alpha value is -0.740. The Labute approximate surface area is 76.5 Å². The summed E-state index contributed by atoms with van der Waals surface area (Å²) in [5.41, 5.74) is 0.213. The van der Waals surface area contributed by atoms with E-state index in [1.54, 1.807) is 6.08 Å². The van der Waals surface area contributed by atoms with Crippen LogP contribution in [-0.2, 0) is 0 Å². The van der Waals surface area contributed by atoms with E-state index in [2.05, 4.69) is 51.0 Å². The smallest absolute Gasteiger partial charge is 0.0609 e. The molecule has 1 nitrogen and oxygen atoms in total. The molecule has 0 bridgehead atoms. The fraction of sp³-hybridized carbons (Fsp3) is 0.636. The van der Waals surface area contributed by atoms with Gasteiger partial charge in [-0.1, -0.05) is 25.3 Å². The Morgan fingerprint density at radius 2 is 2.00 bits per heavy atom. The molecule has 68 valence electrons. The second kappa shape index (κ2) is 5.00. The zero-order chi connectivity index (χ0) is 9.61. The van der Waals surface area contributed by atoms with Gasteiger partial charge < -0.3 is 0 Å². The molecular formula is C11H19N. The Morgan fingerprint density at radius 3 is 2.33 bits per heavy atom. The fourth-order valence-corrected chi connectivity index (χ4v) is 1.04. The van der Waals surface area contributed by atoms with E-state index in [0.29, 0.717) is 0 Å². The lowest BCUT2D eigenvalue weighted by Gasteiger charge is -2.32. The van der Waals surface area contributed by atoms with Crippen molar-refractivity contribution >= 4 is 0 Å². The number of hydrogen-bond acceptors (Lipinski definition) is 1. The van der Waals surface area contributed by atoms with Gasteiger partial charge in [0.2, 0.25) is 0 Å². The van der Waals surface area contributed by atoms with E-state index in [9.17, 15) is 0 Å². The summed E-state index contributed by atoms with van der Waals surface area (Å²) in [6.07, 6.45) is 1.64. The summed E-state index contributed by atoms with van der Waals surface area (Å²) in [6, 6.07) is 0. The van der Waals surface area contributed by atoms with Crippen LogP contribution in [-0.4, -0.2) is 23.5 Å². The molecule has 0 spiro atoms. The molecule has 0 radical (unpaired) electrons. The molecule has 0 unspecified atom stereocenters. The molecule has 12 heavy (non-hydrogen) atoms. The summed E-state index contributed by atoms with van der Waals surface area (Å²) in [7, 11) is 0. The van der Waals surface area contributed by atoms with Crippen LogP contribution in [0.1, 0.15) is 27.7 Å². The summed E-state index contributed by atoms with van der Waals surface area (Å²) in [4.78, 5) is 2.32. The van der Waals surface area contributed by atoms with Gasteiger partial charge in [-0.3, -0.25) is 4.90 Å². The largest absolute Gasteiger partial charge is 0.288 e. The van der Waals surface area contributed by atoms with Crippen LogP contribution in [0.2, 0.25) is 0 Å². The summed E-state index contributed by atoms with van der Waals surface area (Å²) >= 11 is 0. The summed E-state index contributed by atoms with van der Waals surface area (Å²) in [5, 5.41) is 0. The van der Waals surface area contributed by atoms with E-state index in [-0.39, 0.29) is 5.54 Å². The molecule has 0 aliphatic heterocycles. The average Bonchev–Trinajstić information content (AvgIpc) is 1.95. The lowest BCUT2D eigenvalue weighted by molar-refractivity contribution is 0.166. The van der Waals surface area contributed by atoms with Crippen LogP contribution in [0.4, 0.5) is 0 Å². The zero-order valence-electron chi connectivity index (χ0n) is 8.65. The standard InChI is InChI=1S/C11H19N/c1-6-8-9-10-12(7-2)11(3,4)5/h6H,1,7,10H2,2-5H3. The van der Waals surface area contributed by atoms with Crippen LogP contribution in [0, 0.1) is 11.8 Å². The monoisotopic (exact) mass is 165 g/mol. The Balaban J connectivity index is 4.09. The van der Waals surface area contributed by atoms with Crippen molar-refractivity contribution in [3.63, 3.8) is 0 Å². The predicted octanol–water partition coefficient (Wildman–Crippen LogP) is 2.30. The highest BCUT2D eigenvalue weighted by Crippen LogP contribution is 2.10. The van der Waals surface area contributed by atoms with Crippen LogP contribution in [0.15, 0.2) is 12.7 Å². The van der Waals surface area contributed by atoms with Gasteiger partial charge in [0.05, 0.1) is 6.54 Å². The maximum Gasteiger partial charge on any atom is 0.0609 e. The van der Waals surface area contributed by atoms with Gasteiger partial charge in [0.25, 0.3) is 0 Å². The van der Waals surface area contributed by atoms with E-state index in [1.807, 2.05) is 0 Å². The first-order valence-corrected chi connectivity index (χ1v) is 4.36. The van der Waals surface area contributed by atoms with Crippen molar-refractivity contribution in [3.8, 4) is 11.8 Å². The first-order valence-electron chi connectivity index (χ1n) is 4.36. The third-order valence-electron chi connectivity index (χ3n) is 1.80. The molecule has 1 heteroatoms. The zero-order valence-corrected chi connectivity index (χ0v) is 8.65. The molecule has 0 aromatic heterocycles. The van der Waals surface area contributed by atoms with Gasteiger partial charge in [-0.2, -0.15) is 0 Å². The second-order valence-corrected chi connectivity index (χ2v) is 3.71. The number of rotatable bonds is 2. The first-order chi connectivity index (χ1) is 5.52. The molecule has 0 fully saturated rings. The highest BCUT2D eigenvalue weighted by molar-refractivity contribution is 5.13. The minimum Gasteiger partial charge on any atom is -0.288 e. The lowest BCUT2D eigenvalue weighted by Crippen LogP contribution is -2.41. The van der Waals surface area contributed by atoms with E-state index < -0.39 is 0 Å². The molecule has 0 atom stereocenters.